The Hall–Kier alpha value is -2.01. The predicted octanol–water partition coefficient (Wildman–Crippen LogP) is 2.28. The first-order valence-electron chi connectivity index (χ1n) is 7.26. The number of imidazole rings is 1. The minimum Gasteiger partial charge on any atom is -0.494 e. The number of aryl methyl sites for hydroxylation is 1. The van der Waals surface area contributed by atoms with Gasteiger partial charge in [0.15, 0.2) is 0 Å². The van der Waals surface area contributed by atoms with Crippen molar-refractivity contribution in [2.75, 3.05) is 13.2 Å². The summed E-state index contributed by atoms with van der Waals surface area (Å²) in [6, 6.07) is 7.39. The molecule has 1 unspecified atom stereocenters. The Kier molecular flexibility index (Phi) is 5.63. The number of rotatable bonds is 8. The van der Waals surface area contributed by atoms with Crippen molar-refractivity contribution in [3.05, 3.63) is 42.5 Å². The maximum Gasteiger partial charge on any atom is 0.119 e. The van der Waals surface area contributed by atoms with Crippen LogP contribution in [-0.2, 0) is 13.0 Å². The van der Waals surface area contributed by atoms with Gasteiger partial charge >= 0.3 is 0 Å². The van der Waals surface area contributed by atoms with Crippen molar-refractivity contribution in [1.29, 1.82) is 0 Å². The quantitative estimate of drug-likeness (QED) is 0.810. The van der Waals surface area contributed by atoms with Crippen LogP contribution in [0.15, 0.2) is 36.7 Å². The second kappa shape index (κ2) is 7.69. The van der Waals surface area contributed by atoms with Crippen molar-refractivity contribution in [1.82, 2.24) is 9.55 Å². The zero-order chi connectivity index (χ0) is 15.1. The standard InChI is InChI=1S/C16H22N2O3/c1-3-16-17-9-10-18(16)11-13(19)12-21-15-7-5-14(6-8-15)20-4-2/h5-10,13,19H,3-4,11-12H2,1-2H3. The number of aromatic nitrogens is 2. The summed E-state index contributed by atoms with van der Waals surface area (Å²) in [6.07, 6.45) is 3.90. The highest BCUT2D eigenvalue weighted by Crippen LogP contribution is 2.17. The van der Waals surface area contributed by atoms with E-state index in [0.29, 0.717) is 13.2 Å². The lowest BCUT2D eigenvalue weighted by Crippen LogP contribution is -2.24. The maximum atomic E-state index is 10.0. The van der Waals surface area contributed by atoms with Crippen LogP contribution < -0.4 is 9.47 Å². The Morgan fingerprint density at radius 3 is 2.43 bits per heavy atom. The van der Waals surface area contributed by atoms with Crippen molar-refractivity contribution >= 4 is 0 Å². The van der Waals surface area contributed by atoms with Gasteiger partial charge in [0, 0.05) is 18.8 Å². The Labute approximate surface area is 125 Å². The van der Waals surface area contributed by atoms with Crippen LogP contribution in [0.1, 0.15) is 19.7 Å². The molecule has 1 atom stereocenters. The average Bonchev–Trinajstić information content (AvgIpc) is 2.94. The lowest BCUT2D eigenvalue weighted by Gasteiger charge is -2.14. The molecule has 2 rings (SSSR count). The van der Waals surface area contributed by atoms with Crippen LogP contribution in [0.3, 0.4) is 0 Å². The summed E-state index contributed by atoms with van der Waals surface area (Å²) in [4.78, 5) is 4.23. The van der Waals surface area contributed by atoms with E-state index in [2.05, 4.69) is 4.98 Å². The molecule has 0 aliphatic carbocycles. The van der Waals surface area contributed by atoms with Crippen LogP contribution in [0.25, 0.3) is 0 Å². The number of hydrogen-bond acceptors (Lipinski definition) is 4. The molecule has 0 radical (unpaired) electrons. The number of nitrogens with zero attached hydrogens (tertiary/aromatic N) is 2. The number of aliphatic hydroxyl groups excluding tert-OH is 1. The van der Waals surface area contributed by atoms with E-state index in [1.807, 2.05) is 48.9 Å². The molecule has 0 aliphatic rings. The van der Waals surface area contributed by atoms with Crippen LogP contribution in [0, 0.1) is 0 Å². The molecule has 1 aromatic carbocycles. The third-order valence-electron chi connectivity index (χ3n) is 3.10. The first kappa shape index (κ1) is 15.4. The molecule has 0 saturated carbocycles. The van der Waals surface area contributed by atoms with Crippen molar-refractivity contribution in [3.8, 4) is 11.5 Å². The smallest absolute Gasteiger partial charge is 0.119 e. The van der Waals surface area contributed by atoms with Gasteiger partial charge in [-0.3, -0.25) is 0 Å². The zero-order valence-electron chi connectivity index (χ0n) is 12.5. The molecule has 0 amide bonds. The van der Waals surface area contributed by atoms with Gasteiger partial charge in [0.05, 0.1) is 13.2 Å². The van der Waals surface area contributed by atoms with Gasteiger partial charge in [0.25, 0.3) is 0 Å². The summed E-state index contributed by atoms with van der Waals surface area (Å²) in [7, 11) is 0. The summed E-state index contributed by atoms with van der Waals surface area (Å²) < 4.78 is 12.9. The lowest BCUT2D eigenvalue weighted by atomic mass is 10.3. The maximum absolute atomic E-state index is 10.0. The molecule has 0 bridgehead atoms. The van der Waals surface area contributed by atoms with Crippen LogP contribution in [-0.4, -0.2) is 34.0 Å². The van der Waals surface area contributed by atoms with Crippen LogP contribution in [0.5, 0.6) is 11.5 Å². The molecular weight excluding hydrogens is 268 g/mol. The van der Waals surface area contributed by atoms with Gasteiger partial charge in [-0.15, -0.1) is 0 Å². The van der Waals surface area contributed by atoms with Gasteiger partial charge in [-0.05, 0) is 31.2 Å². The van der Waals surface area contributed by atoms with Gasteiger partial charge in [-0.2, -0.15) is 0 Å². The second-order valence-electron chi connectivity index (χ2n) is 4.72. The van der Waals surface area contributed by atoms with Gasteiger partial charge in [0.1, 0.15) is 30.0 Å². The van der Waals surface area contributed by atoms with E-state index < -0.39 is 6.10 Å². The molecule has 21 heavy (non-hydrogen) atoms. The molecule has 5 heteroatoms. The van der Waals surface area contributed by atoms with Crippen molar-refractivity contribution in [3.63, 3.8) is 0 Å². The number of ether oxygens (including phenoxy) is 2. The fourth-order valence-electron chi connectivity index (χ4n) is 2.09. The molecule has 2 aromatic rings. The Morgan fingerprint density at radius 1 is 1.14 bits per heavy atom. The number of hydrogen-bond donors (Lipinski definition) is 1. The summed E-state index contributed by atoms with van der Waals surface area (Å²) >= 11 is 0. The Bertz CT molecular complexity index is 537. The predicted molar refractivity (Wildman–Crippen MR) is 80.7 cm³/mol. The first-order chi connectivity index (χ1) is 10.2. The van der Waals surface area contributed by atoms with Gasteiger partial charge in [-0.1, -0.05) is 6.92 Å². The average molecular weight is 290 g/mol. The summed E-state index contributed by atoms with van der Waals surface area (Å²) in [5.74, 6) is 2.50. The third kappa shape index (κ3) is 4.49. The molecule has 1 aromatic heterocycles. The van der Waals surface area contributed by atoms with E-state index in [0.717, 1.165) is 23.7 Å². The molecule has 1 heterocycles. The molecule has 0 fully saturated rings. The Balaban J connectivity index is 1.82. The third-order valence-corrected chi connectivity index (χ3v) is 3.10. The molecule has 114 valence electrons. The van der Waals surface area contributed by atoms with Crippen molar-refractivity contribution in [2.24, 2.45) is 0 Å². The van der Waals surface area contributed by atoms with Crippen molar-refractivity contribution < 1.29 is 14.6 Å². The van der Waals surface area contributed by atoms with E-state index in [-0.39, 0.29) is 6.61 Å². The van der Waals surface area contributed by atoms with E-state index in [9.17, 15) is 5.11 Å². The van der Waals surface area contributed by atoms with Crippen LogP contribution >= 0.6 is 0 Å². The fourth-order valence-corrected chi connectivity index (χ4v) is 2.09. The highest BCUT2D eigenvalue weighted by molar-refractivity contribution is 5.31. The molecule has 0 aliphatic heterocycles. The normalized spacial score (nSPS) is 12.1. The van der Waals surface area contributed by atoms with Gasteiger partial charge in [-0.25, -0.2) is 4.98 Å². The van der Waals surface area contributed by atoms with Crippen molar-refractivity contribution in [2.45, 2.75) is 32.9 Å². The highest BCUT2D eigenvalue weighted by Gasteiger charge is 2.09. The summed E-state index contributed by atoms with van der Waals surface area (Å²) in [5.41, 5.74) is 0. The molecular formula is C16H22N2O3. The number of aliphatic hydroxyl groups is 1. The summed E-state index contributed by atoms with van der Waals surface area (Å²) in [5, 5.41) is 10.0. The summed E-state index contributed by atoms with van der Waals surface area (Å²) in [6.45, 7) is 5.36. The monoisotopic (exact) mass is 290 g/mol. The zero-order valence-corrected chi connectivity index (χ0v) is 12.5. The minimum atomic E-state index is -0.573. The largest absolute Gasteiger partial charge is 0.494 e. The SMILES string of the molecule is CCOc1ccc(OCC(O)Cn2ccnc2CC)cc1. The fraction of sp³-hybridized carbons (Fsp3) is 0.438. The molecule has 1 N–H and O–H groups in total. The second-order valence-corrected chi connectivity index (χ2v) is 4.72. The topological polar surface area (TPSA) is 56.5 Å². The lowest BCUT2D eigenvalue weighted by molar-refractivity contribution is 0.0917. The molecule has 0 saturated heterocycles. The minimum absolute atomic E-state index is 0.245. The van der Waals surface area contributed by atoms with E-state index in [1.54, 1.807) is 6.20 Å². The Morgan fingerprint density at radius 2 is 1.81 bits per heavy atom. The van der Waals surface area contributed by atoms with Crippen LogP contribution in [0.4, 0.5) is 0 Å². The van der Waals surface area contributed by atoms with E-state index in [4.69, 9.17) is 9.47 Å². The van der Waals surface area contributed by atoms with Gasteiger partial charge in [0.2, 0.25) is 0 Å². The molecule has 5 nitrogen and oxygen atoms in total. The van der Waals surface area contributed by atoms with Crippen LogP contribution in [0.2, 0.25) is 0 Å². The molecule has 0 spiro atoms. The first-order valence-corrected chi connectivity index (χ1v) is 7.26. The van der Waals surface area contributed by atoms with Gasteiger partial charge < -0.3 is 19.1 Å². The van der Waals surface area contributed by atoms with E-state index >= 15 is 0 Å². The highest BCUT2D eigenvalue weighted by atomic mass is 16.5. The van der Waals surface area contributed by atoms with E-state index in [1.165, 1.54) is 0 Å². The number of benzene rings is 1.